The second-order valence-corrected chi connectivity index (χ2v) is 10.3. The van der Waals surface area contributed by atoms with Gasteiger partial charge in [-0.2, -0.15) is 17.9 Å². The lowest BCUT2D eigenvalue weighted by Gasteiger charge is -2.29. The summed E-state index contributed by atoms with van der Waals surface area (Å²) in [6.45, 7) is 4.64. The molecule has 11 nitrogen and oxygen atoms in total. The first-order valence-corrected chi connectivity index (χ1v) is 12.3. The molecule has 2 amide bonds. The molecule has 3 aromatic rings. The van der Waals surface area contributed by atoms with Gasteiger partial charge in [0, 0.05) is 12.6 Å². The fourth-order valence-corrected chi connectivity index (χ4v) is 5.36. The number of alkyl halides is 3. The average Bonchev–Trinajstić information content (AvgIpc) is 3.08. The fourth-order valence-electron chi connectivity index (χ4n) is 4.04. The summed E-state index contributed by atoms with van der Waals surface area (Å²) in [4.78, 5) is 50.7. The van der Waals surface area contributed by atoms with Crippen LogP contribution in [-0.4, -0.2) is 36.0 Å². The van der Waals surface area contributed by atoms with Crippen molar-refractivity contribution in [2.75, 3.05) is 10.6 Å². The first kappa shape index (κ1) is 26.8. The van der Waals surface area contributed by atoms with Gasteiger partial charge in [0.1, 0.15) is 5.82 Å². The number of H-pyrrole nitrogens is 1. The van der Waals surface area contributed by atoms with E-state index in [0.29, 0.717) is 10.1 Å². The van der Waals surface area contributed by atoms with Crippen molar-refractivity contribution in [3.63, 3.8) is 0 Å². The van der Waals surface area contributed by atoms with Gasteiger partial charge >= 0.3 is 11.9 Å². The zero-order chi connectivity index (χ0) is 28.2. The summed E-state index contributed by atoms with van der Waals surface area (Å²) in [6.07, 6.45) is -5.66. The van der Waals surface area contributed by atoms with Crippen LogP contribution in [0.1, 0.15) is 23.6 Å². The number of halogens is 3. The van der Waals surface area contributed by atoms with Crippen molar-refractivity contribution in [1.82, 2.24) is 14.3 Å². The Morgan fingerprint density at radius 3 is 2.18 bits per heavy atom. The van der Waals surface area contributed by atoms with Gasteiger partial charge in [-0.3, -0.25) is 19.4 Å². The van der Waals surface area contributed by atoms with E-state index in [4.69, 9.17) is 0 Å². The van der Waals surface area contributed by atoms with E-state index in [-0.39, 0.29) is 11.4 Å². The number of benzene rings is 2. The summed E-state index contributed by atoms with van der Waals surface area (Å²) in [5.41, 5.74) is -6.51. The molecule has 15 heteroatoms. The maximum atomic E-state index is 14.7. The lowest BCUT2D eigenvalue weighted by Crippen LogP contribution is -2.61. The molecule has 1 unspecified atom stereocenters. The van der Waals surface area contributed by atoms with Crippen LogP contribution in [0.2, 0.25) is 0 Å². The maximum Gasteiger partial charge on any atom is 0.421 e. The lowest BCUT2D eigenvalue weighted by atomic mass is 9.93. The summed E-state index contributed by atoms with van der Waals surface area (Å²) in [5, 5.41) is 4.27. The Hall–Kier alpha value is -4.24. The Morgan fingerprint density at radius 2 is 1.63 bits per heavy atom. The number of rotatable bonds is 5. The largest absolute Gasteiger partial charge is 0.421 e. The van der Waals surface area contributed by atoms with Gasteiger partial charge in [-0.05, 0) is 61.4 Å². The van der Waals surface area contributed by atoms with Crippen molar-refractivity contribution < 1.29 is 31.2 Å². The Morgan fingerprint density at radius 1 is 1.00 bits per heavy atom. The number of aromatic nitrogens is 2. The van der Waals surface area contributed by atoms with Crippen molar-refractivity contribution in [3.8, 4) is 5.69 Å². The topological polar surface area (TPSA) is 159 Å². The van der Waals surface area contributed by atoms with Gasteiger partial charge in [0.25, 0.3) is 11.5 Å². The normalized spacial score (nSPS) is 17.2. The van der Waals surface area contributed by atoms with E-state index in [1.807, 2.05) is 5.32 Å². The Balaban J connectivity index is 1.93. The molecule has 0 spiro atoms. The van der Waals surface area contributed by atoms with Crippen LogP contribution in [0.25, 0.3) is 5.69 Å². The van der Waals surface area contributed by atoms with E-state index >= 15 is 0 Å². The van der Waals surface area contributed by atoms with Crippen LogP contribution in [0.15, 0.2) is 56.9 Å². The van der Waals surface area contributed by atoms with Crippen LogP contribution in [-0.2, 0) is 25.2 Å². The van der Waals surface area contributed by atoms with Gasteiger partial charge in [-0.15, -0.1) is 0 Å². The minimum Gasteiger partial charge on any atom is -0.326 e. The predicted molar refractivity (Wildman–Crippen MR) is 130 cm³/mol. The van der Waals surface area contributed by atoms with E-state index in [1.54, 1.807) is 24.9 Å². The van der Waals surface area contributed by atoms with Crippen LogP contribution < -0.4 is 26.6 Å². The number of fused-ring (bicyclic) bond motifs is 1. The molecule has 0 radical (unpaired) electrons. The van der Waals surface area contributed by atoms with Gasteiger partial charge in [0.15, 0.2) is 0 Å². The summed E-state index contributed by atoms with van der Waals surface area (Å²) in [5.74, 6) is -3.22. The van der Waals surface area contributed by atoms with E-state index in [1.165, 1.54) is 23.8 Å². The molecule has 38 heavy (non-hydrogen) atoms. The number of carbonyl (C=O) groups is 2. The molecule has 0 aliphatic carbocycles. The Kier molecular flexibility index (Phi) is 6.32. The van der Waals surface area contributed by atoms with Gasteiger partial charge in [-0.25, -0.2) is 17.8 Å². The molecule has 0 bridgehead atoms. The number of nitrogens with zero attached hydrogens (tertiary/aromatic N) is 1. The van der Waals surface area contributed by atoms with E-state index in [9.17, 15) is 40.8 Å². The summed E-state index contributed by atoms with van der Waals surface area (Å²) in [6, 6.07) is 8.50. The first-order chi connectivity index (χ1) is 17.6. The quantitative estimate of drug-likeness (QED) is 0.378. The zero-order valence-corrected chi connectivity index (χ0v) is 20.8. The third-order valence-electron chi connectivity index (χ3n) is 6.00. The molecule has 2 heterocycles. The number of carbonyl (C=O) groups excluding carboxylic acids is 2. The van der Waals surface area contributed by atoms with Gasteiger partial charge in [-0.1, -0.05) is 6.07 Å². The van der Waals surface area contributed by atoms with E-state index in [0.717, 1.165) is 29.8 Å². The minimum absolute atomic E-state index is 0.0280. The fraction of sp³-hybridized carbons (Fsp3) is 0.217. The third kappa shape index (κ3) is 4.28. The van der Waals surface area contributed by atoms with E-state index in [2.05, 4.69) is 5.32 Å². The lowest BCUT2D eigenvalue weighted by molar-refractivity contribution is -0.194. The molecule has 0 saturated carbocycles. The highest BCUT2D eigenvalue weighted by molar-refractivity contribution is 7.89. The van der Waals surface area contributed by atoms with Crippen molar-refractivity contribution in [2.24, 2.45) is 0 Å². The molecule has 200 valence electrons. The molecule has 0 saturated heterocycles. The number of hydrogen-bond donors (Lipinski definition) is 4. The highest BCUT2D eigenvalue weighted by atomic mass is 32.2. The molecule has 1 atom stereocenters. The van der Waals surface area contributed by atoms with E-state index < -0.39 is 61.1 Å². The zero-order valence-electron chi connectivity index (χ0n) is 20.0. The number of aromatic amines is 1. The van der Waals surface area contributed by atoms with Crippen LogP contribution in [0.5, 0.6) is 0 Å². The third-order valence-corrected chi connectivity index (χ3v) is 7.47. The number of amides is 2. The van der Waals surface area contributed by atoms with Gasteiger partial charge in [0.2, 0.25) is 21.5 Å². The minimum atomic E-state index is -5.66. The monoisotopic (exact) mass is 551 g/mol. The molecule has 1 aromatic heterocycles. The summed E-state index contributed by atoms with van der Waals surface area (Å²) < 4.78 is 72.2. The van der Waals surface area contributed by atoms with Gasteiger partial charge in [0.05, 0.1) is 16.1 Å². The standard InChI is InChI=1S/C23H20F3N5O6S/c1-11-4-7-15(10-12(11)2)31-18-17(19(33)29-21(31)35)22(20(34)28-18,23(24,25)26)30-38(36,37)16-8-5-14(6-9-16)27-13(3)32/h4-10,30H,1-3H3,(H,27,32)(H,28,34)(H,29,33,35). The van der Waals surface area contributed by atoms with Crippen LogP contribution in [0.4, 0.5) is 24.7 Å². The highest BCUT2D eigenvalue weighted by Crippen LogP contribution is 2.46. The molecular weight excluding hydrogens is 531 g/mol. The maximum absolute atomic E-state index is 14.7. The second-order valence-electron chi connectivity index (χ2n) is 8.60. The number of sulfonamides is 1. The highest BCUT2D eigenvalue weighted by Gasteiger charge is 2.69. The summed E-state index contributed by atoms with van der Waals surface area (Å²) >= 11 is 0. The van der Waals surface area contributed by atoms with Crippen LogP contribution in [0, 0.1) is 13.8 Å². The number of hydrogen-bond acceptors (Lipinski definition) is 6. The molecular formula is C23H20F3N5O6S. The molecule has 4 rings (SSSR count). The smallest absolute Gasteiger partial charge is 0.326 e. The molecule has 4 N–H and O–H groups in total. The number of anilines is 2. The number of aryl methyl sites for hydroxylation is 2. The Labute approximate surface area is 212 Å². The number of nitrogens with one attached hydrogen (secondary N) is 4. The first-order valence-electron chi connectivity index (χ1n) is 10.9. The van der Waals surface area contributed by atoms with Crippen molar-refractivity contribution in [1.29, 1.82) is 0 Å². The predicted octanol–water partition coefficient (Wildman–Crippen LogP) is 1.79. The van der Waals surface area contributed by atoms with Crippen molar-refractivity contribution in [2.45, 2.75) is 37.4 Å². The SMILES string of the molecule is CC(=O)Nc1ccc(S(=O)(=O)NC2(C(F)(F)F)C(=O)Nc3c2c(=O)[nH]c(=O)n3-c2ccc(C)c(C)c2)cc1. The molecule has 2 aromatic carbocycles. The van der Waals surface area contributed by atoms with Crippen molar-refractivity contribution >= 4 is 33.3 Å². The summed E-state index contributed by atoms with van der Waals surface area (Å²) in [7, 11) is -5.11. The average molecular weight is 552 g/mol. The van der Waals surface area contributed by atoms with Crippen LogP contribution >= 0.6 is 0 Å². The molecule has 1 aliphatic rings. The van der Waals surface area contributed by atoms with Crippen molar-refractivity contribution in [3.05, 3.63) is 80.0 Å². The van der Waals surface area contributed by atoms with Crippen LogP contribution in [0.3, 0.4) is 0 Å². The van der Waals surface area contributed by atoms with Gasteiger partial charge < -0.3 is 10.6 Å². The Bertz CT molecular complexity index is 1710. The second kappa shape index (κ2) is 8.95. The molecule has 1 aliphatic heterocycles. The molecule has 0 fully saturated rings.